The molecule has 2 aliphatic rings. The summed E-state index contributed by atoms with van der Waals surface area (Å²) in [6, 6.07) is 5.41. The second-order valence-electron chi connectivity index (χ2n) is 5.99. The number of carbonyl (C=O) groups excluding carboxylic acids is 2. The average molecular weight is 359 g/mol. The number of carbonyl (C=O) groups is 2. The van der Waals surface area contributed by atoms with Gasteiger partial charge in [-0.25, -0.2) is 4.98 Å². The van der Waals surface area contributed by atoms with E-state index < -0.39 is 0 Å². The van der Waals surface area contributed by atoms with Gasteiger partial charge in [0.1, 0.15) is 18.2 Å². The number of hydrogen-bond donors (Lipinski definition) is 1. The number of amides is 2. The number of rotatable bonds is 3. The standard InChI is InChI=1S/C17H17N3O4S/c1-10-17(25-9-18-10)19-16(22)11-6-15(21)20(8-11)12-2-3-13-14(7-12)24-5-4-23-13/h2-3,7,9,11H,4-6,8H2,1H3,(H,19,22). The van der Waals surface area contributed by atoms with Crippen LogP contribution in [0.15, 0.2) is 23.7 Å². The molecule has 0 saturated carbocycles. The van der Waals surface area contributed by atoms with E-state index in [-0.39, 0.29) is 24.2 Å². The smallest absolute Gasteiger partial charge is 0.230 e. The van der Waals surface area contributed by atoms with Crippen LogP contribution in [0, 0.1) is 12.8 Å². The molecular weight excluding hydrogens is 342 g/mol. The number of nitrogens with zero attached hydrogens (tertiary/aromatic N) is 2. The van der Waals surface area contributed by atoms with Crippen molar-refractivity contribution < 1.29 is 19.1 Å². The van der Waals surface area contributed by atoms with E-state index in [9.17, 15) is 9.59 Å². The van der Waals surface area contributed by atoms with Gasteiger partial charge in [0.25, 0.3) is 0 Å². The number of fused-ring (bicyclic) bond motifs is 1. The number of hydrogen-bond acceptors (Lipinski definition) is 6. The van der Waals surface area contributed by atoms with Crippen molar-refractivity contribution in [2.24, 2.45) is 5.92 Å². The normalized spacial score (nSPS) is 19.2. The van der Waals surface area contributed by atoms with Crippen LogP contribution < -0.4 is 19.7 Å². The van der Waals surface area contributed by atoms with Gasteiger partial charge in [-0.05, 0) is 19.1 Å². The molecule has 3 heterocycles. The SMILES string of the molecule is Cc1ncsc1NC(=O)C1CC(=O)N(c2ccc3c(c2)OCCO3)C1. The van der Waals surface area contributed by atoms with Crippen molar-refractivity contribution in [3.8, 4) is 11.5 Å². The third-order valence-corrected chi connectivity index (χ3v) is 5.16. The number of nitrogens with one attached hydrogen (secondary N) is 1. The van der Waals surface area contributed by atoms with Crippen LogP contribution in [0.3, 0.4) is 0 Å². The Balaban J connectivity index is 1.48. The van der Waals surface area contributed by atoms with Crippen LogP contribution in [-0.2, 0) is 9.59 Å². The van der Waals surface area contributed by atoms with Crippen LogP contribution in [0.1, 0.15) is 12.1 Å². The fraction of sp³-hybridized carbons (Fsp3) is 0.353. The summed E-state index contributed by atoms with van der Waals surface area (Å²) in [5.74, 6) is 0.696. The predicted molar refractivity (Wildman–Crippen MR) is 93.4 cm³/mol. The number of anilines is 2. The molecule has 25 heavy (non-hydrogen) atoms. The highest BCUT2D eigenvalue weighted by Gasteiger charge is 2.36. The topological polar surface area (TPSA) is 80.8 Å². The molecule has 2 amide bonds. The number of aryl methyl sites for hydroxylation is 1. The maximum absolute atomic E-state index is 12.5. The van der Waals surface area contributed by atoms with E-state index in [4.69, 9.17) is 9.47 Å². The van der Waals surface area contributed by atoms with E-state index in [1.165, 1.54) is 11.3 Å². The summed E-state index contributed by atoms with van der Waals surface area (Å²) < 4.78 is 11.1. The largest absolute Gasteiger partial charge is 0.486 e. The molecular formula is C17H17N3O4S. The lowest BCUT2D eigenvalue weighted by atomic mass is 10.1. The summed E-state index contributed by atoms with van der Waals surface area (Å²) >= 11 is 1.38. The maximum atomic E-state index is 12.5. The first kappa shape index (κ1) is 15.9. The Hall–Kier alpha value is -2.61. The molecule has 0 spiro atoms. The molecule has 1 aromatic heterocycles. The number of thiazole rings is 1. The van der Waals surface area contributed by atoms with Gasteiger partial charge in [-0.1, -0.05) is 0 Å². The Morgan fingerprint density at radius 2 is 2.12 bits per heavy atom. The third kappa shape index (κ3) is 3.05. The maximum Gasteiger partial charge on any atom is 0.230 e. The van der Waals surface area contributed by atoms with Gasteiger partial charge in [-0.3, -0.25) is 9.59 Å². The lowest BCUT2D eigenvalue weighted by molar-refractivity contribution is -0.122. The number of ether oxygens (including phenoxy) is 2. The highest BCUT2D eigenvalue weighted by Crippen LogP contribution is 2.36. The monoisotopic (exact) mass is 359 g/mol. The molecule has 2 aromatic rings. The van der Waals surface area contributed by atoms with Crippen molar-refractivity contribution in [1.29, 1.82) is 0 Å². The first-order chi connectivity index (χ1) is 12.1. The highest BCUT2D eigenvalue weighted by molar-refractivity contribution is 7.14. The zero-order valence-corrected chi connectivity index (χ0v) is 14.5. The lowest BCUT2D eigenvalue weighted by Crippen LogP contribution is -2.28. The summed E-state index contributed by atoms with van der Waals surface area (Å²) in [6.07, 6.45) is 0.193. The van der Waals surface area contributed by atoms with Gasteiger partial charge >= 0.3 is 0 Å². The molecule has 0 aliphatic carbocycles. The van der Waals surface area contributed by atoms with Crippen molar-refractivity contribution in [2.45, 2.75) is 13.3 Å². The molecule has 1 atom stereocenters. The number of benzene rings is 1. The average Bonchev–Trinajstić information content (AvgIpc) is 3.20. The van der Waals surface area contributed by atoms with E-state index in [0.29, 0.717) is 31.3 Å². The van der Waals surface area contributed by atoms with Gasteiger partial charge < -0.3 is 19.7 Å². The Bertz CT molecular complexity index is 835. The van der Waals surface area contributed by atoms with Gasteiger partial charge in [-0.2, -0.15) is 0 Å². The van der Waals surface area contributed by atoms with Crippen molar-refractivity contribution in [3.05, 3.63) is 29.4 Å². The van der Waals surface area contributed by atoms with Crippen molar-refractivity contribution in [1.82, 2.24) is 4.98 Å². The van der Waals surface area contributed by atoms with E-state index in [0.717, 1.165) is 16.4 Å². The Labute approximate surface area is 148 Å². The molecule has 0 radical (unpaired) electrons. The molecule has 1 aromatic carbocycles. The highest BCUT2D eigenvalue weighted by atomic mass is 32.1. The molecule has 1 N–H and O–H groups in total. The van der Waals surface area contributed by atoms with Crippen LogP contribution in [0.25, 0.3) is 0 Å². The second-order valence-corrected chi connectivity index (χ2v) is 6.84. The molecule has 1 saturated heterocycles. The van der Waals surface area contributed by atoms with Crippen LogP contribution in [0.5, 0.6) is 11.5 Å². The summed E-state index contributed by atoms with van der Waals surface area (Å²) in [5, 5.41) is 3.60. The molecule has 2 aliphatic heterocycles. The van der Waals surface area contributed by atoms with Crippen LogP contribution in [-0.4, -0.2) is 36.6 Å². The summed E-state index contributed by atoms with van der Waals surface area (Å²) in [5.41, 5.74) is 3.19. The van der Waals surface area contributed by atoms with Gasteiger partial charge in [-0.15, -0.1) is 11.3 Å². The Morgan fingerprint density at radius 3 is 2.88 bits per heavy atom. The zero-order valence-electron chi connectivity index (χ0n) is 13.7. The van der Waals surface area contributed by atoms with E-state index in [1.807, 2.05) is 13.0 Å². The second kappa shape index (κ2) is 6.36. The fourth-order valence-corrected chi connectivity index (χ4v) is 3.67. The molecule has 1 fully saturated rings. The number of aromatic nitrogens is 1. The molecule has 130 valence electrons. The minimum absolute atomic E-state index is 0.0714. The third-order valence-electron chi connectivity index (χ3n) is 4.32. The first-order valence-corrected chi connectivity index (χ1v) is 8.91. The van der Waals surface area contributed by atoms with Gasteiger partial charge in [0, 0.05) is 24.7 Å². The summed E-state index contributed by atoms with van der Waals surface area (Å²) in [4.78, 5) is 30.6. The summed E-state index contributed by atoms with van der Waals surface area (Å²) in [6.45, 7) is 3.20. The van der Waals surface area contributed by atoms with Crippen LogP contribution in [0.4, 0.5) is 10.7 Å². The quantitative estimate of drug-likeness (QED) is 0.909. The van der Waals surface area contributed by atoms with Crippen molar-refractivity contribution in [3.63, 3.8) is 0 Å². The molecule has 7 nitrogen and oxygen atoms in total. The molecule has 0 bridgehead atoms. The van der Waals surface area contributed by atoms with E-state index in [2.05, 4.69) is 10.3 Å². The molecule has 4 rings (SSSR count). The minimum atomic E-state index is -0.387. The zero-order chi connectivity index (χ0) is 17.4. The lowest BCUT2D eigenvalue weighted by Gasteiger charge is -2.22. The van der Waals surface area contributed by atoms with Crippen LogP contribution in [0.2, 0.25) is 0 Å². The molecule has 1 unspecified atom stereocenters. The minimum Gasteiger partial charge on any atom is -0.486 e. The van der Waals surface area contributed by atoms with Gasteiger partial charge in [0.2, 0.25) is 11.8 Å². The van der Waals surface area contributed by atoms with E-state index >= 15 is 0 Å². The van der Waals surface area contributed by atoms with Crippen molar-refractivity contribution in [2.75, 3.05) is 30.0 Å². The van der Waals surface area contributed by atoms with Crippen molar-refractivity contribution >= 4 is 33.8 Å². The van der Waals surface area contributed by atoms with Crippen LogP contribution >= 0.6 is 11.3 Å². The first-order valence-electron chi connectivity index (χ1n) is 8.03. The fourth-order valence-electron chi connectivity index (χ4n) is 2.97. The van der Waals surface area contributed by atoms with Gasteiger partial charge in [0.15, 0.2) is 11.5 Å². The Morgan fingerprint density at radius 1 is 1.32 bits per heavy atom. The van der Waals surface area contributed by atoms with Gasteiger partial charge in [0.05, 0.1) is 17.1 Å². The van der Waals surface area contributed by atoms with E-state index in [1.54, 1.807) is 22.5 Å². The predicted octanol–water partition coefficient (Wildman–Crippen LogP) is 2.21. The Kier molecular flexibility index (Phi) is 4.04. The molecule has 8 heteroatoms. The summed E-state index contributed by atoms with van der Waals surface area (Å²) in [7, 11) is 0.